The van der Waals surface area contributed by atoms with E-state index in [-0.39, 0.29) is 6.71 Å². The van der Waals surface area contributed by atoms with Crippen molar-refractivity contribution in [2.45, 2.75) is 0 Å². The van der Waals surface area contributed by atoms with Crippen molar-refractivity contribution in [1.29, 1.82) is 0 Å². The molecule has 0 radical (unpaired) electrons. The van der Waals surface area contributed by atoms with Gasteiger partial charge in [0.1, 0.15) is 23.0 Å². The molecule has 4 heteroatoms. The summed E-state index contributed by atoms with van der Waals surface area (Å²) in [7, 11) is 0. The molecule has 0 saturated heterocycles. The van der Waals surface area contributed by atoms with Crippen molar-refractivity contribution in [2.75, 3.05) is 0 Å². The van der Waals surface area contributed by atoms with Crippen LogP contribution in [0.2, 0.25) is 0 Å². The number of fused-ring (bicyclic) bond motifs is 7. The van der Waals surface area contributed by atoms with Crippen molar-refractivity contribution in [1.82, 2.24) is 4.57 Å². The van der Waals surface area contributed by atoms with Crippen LogP contribution in [0.5, 0.6) is 23.0 Å². The highest BCUT2D eigenvalue weighted by Crippen LogP contribution is 2.40. The zero-order chi connectivity index (χ0) is 30.2. The molecular weight excluding hydrogens is 561 g/mol. The van der Waals surface area contributed by atoms with Gasteiger partial charge in [-0.05, 0) is 57.4 Å². The number of ether oxygens (including phenoxy) is 2. The SMILES string of the molecule is c1ccc(-c2ccc3c(c2)Oc2cc(-n4c5ccccc5c5ccccc54)cc4c2B3c2ccc(-c3ccccc3)cc2O4)cc1. The maximum atomic E-state index is 6.86. The van der Waals surface area contributed by atoms with Crippen LogP contribution in [0.1, 0.15) is 0 Å². The molecule has 8 aromatic rings. The van der Waals surface area contributed by atoms with Gasteiger partial charge in [-0.3, -0.25) is 0 Å². The van der Waals surface area contributed by atoms with E-state index in [1.165, 1.54) is 21.9 Å². The summed E-state index contributed by atoms with van der Waals surface area (Å²) in [6, 6.07) is 55.8. The number of rotatable bonds is 3. The van der Waals surface area contributed by atoms with Gasteiger partial charge < -0.3 is 14.0 Å². The second-order valence-corrected chi connectivity index (χ2v) is 12.1. The van der Waals surface area contributed by atoms with Crippen molar-refractivity contribution in [3.8, 4) is 50.9 Å². The molecule has 3 nitrogen and oxygen atoms in total. The molecule has 214 valence electrons. The minimum Gasteiger partial charge on any atom is -0.458 e. The number of nitrogens with zero attached hydrogens (tertiary/aromatic N) is 1. The van der Waals surface area contributed by atoms with Crippen LogP contribution in [-0.4, -0.2) is 11.3 Å². The highest BCUT2D eigenvalue weighted by Gasteiger charge is 2.41. The second-order valence-electron chi connectivity index (χ2n) is 12.1. The average Bonchev–Trinajstić information content (AvgIpc) is 3.46. The standard InChI is InChI=1S/C42H26BNO2/c1-3-11-27(12-4-1)29-19-21-34-38(23-29)45-40-25-31(44-36-17-9-7-15-32(36)33-16-8-10-18-37(33)44)26-41-42(40)43(34)35-22-20-30(24-39(35)46-41)28-13-5-2-6-14-28/h1-26H. The van der Waals surface area contributed by atoms with Gasteiger partial charge in [0.05, 0.1) is 16.7 Å². The van der Waals surface area contributed by atoms with Crippen molar-refractivity contribution in [2.24, 2.45) is 0 Å². The normalized spacial score (nSPS) is 12.7. The average molecular weight is 587 g/mol. The maximum absolute atomic E-state index is 6.86. The molecule has 46 heavy (non-hydrogen) atoms. The Morgan fingerprint density at radius 2 is 0.848 bits per heavy atom. The van der Waals surface area contributed by atoms with Crippen LogP contribution in [0.4, 0.5) is 0 Å². The van der Waals surface area contributed by atoms with Gasteiger partial charge in [-0.15, -0.1) is 0 Å². The van der Waals surface area contributed by atoms with Gasteiger partial charge in [-0.25, -0.2) is 0 Å². The van der Waals surface area contributed by atoms with Crippen LogP contribution in [0, 0.1) is 0 Å². The molecule has 7 aromatic carbocycles. The predicted octanol–water partition coefficient (Wildman–Crippen LogP) is 8.85. The van der Waals surface area contributed by atoms with E-state index < -0.39 is 0 Å². The topological polar surface area (TPSA) is 23.4 Å². The van der Waals surface area contributed by atoms with Crippen LogP contribution in [0.3, 0.4) is 0 Å². The molecule has 0 spiro atoms. The molecule has 0 aliphatic carbocycles. The van der Waals surface area contributed by atoms with Crippen molar-refractivity contribution in [3.63, 3.8) is 0 Å². The summed E-state index contributed by atoms with van der Waals surface area (Å²) in [5.41, 5.74) is 11.3. The Balaban J connectivity index is 1.22. The van der Waals surface area contributed by atoms with Gasteiger partial charge in [-0.1, -0.05) is 121 Å². The van der Waals surface area contributed by atoms with E-state index in [4.69, 9.17) is 9.47 Å². The molecule has 2 aliphatic rings. The van der Waals surface area contributed by atoms with Crippen LogP contribution in [0.15, 0.2) is 158 Å². The molecule has 0 atom stereocenters. The molecule has 2 aliphatic heterocycles. The van der Waals surface area contributed by atoms with Crippen LogP contribution in [-0.2, 0) is 0 Å². The fourth-order valence-electron chi connectivity index (χ4n) is 7.43. The lowest BCUT2D eigenvalue weighted by molar-refractivity contribution is 0.464. The summed E-state index contributed by atoms with van der Waals surface area (Å²) >= 11 is 0. The first kappa shape index (κ1) is 25.3. The summed E-state index contributed by atoms with van der Waals surface area (Å²) in [5, 5.41) is 2.44. The van der Waals surface area contributed by atoms with Gasteiger partial charge in [-0.2, -0.15) is 0 Å². The smallest absolute Gasteiger partial charge is 0.260 e. The fraction of sp³-hybridized carbons (Fsp3) is 0. The van der Waals surface area contributed by atoms with Gasteiger partial charge in [0.15, 0.2) is 0 Å². The highest BCUT2D eigenvalue weighted by molar-refractivity contribution is 6.98. The molecule has 10 rings (SSSR count). The molecule has 0 saturated carbocycles. The Hall–Kier alpha value is -6.00. The summed E-state index contributed by atoms with van der Waals surface area (Å²) in [6.07, 6.45) is 0. The van der Waals surface area contributed by atoms with Gasteiger partial charge >= 0.3 is 0 Å². The maximum Gasteiger partial charge on any atom is 0.260 e. The minimum absolute atomic E-state index is 0.0145. The Bertz CT molecular complexity index is 2320. The van der Waals surface area contributed by atoms with Gasteiger partial charge in [0.25, 0.3) is 6.71 Å². The summed E-state index contributed by atoms with van der Waals surface area (Å²) in [4.78, 5) is 0. The Morgan fingerprint density at radius 1 is 0.391 bits per heavy atom. The number of aromatic nitrogens is 1. The van der Waals surface area contributed by atoms with Crippen molar-refractivity contribution in [3.05, 3.63) is 158 Å². The molecule has 1 aromatic heterocycles. The Kier molecular flexibility index (Phi) is 5.37. The van der Waals surface area contributed by atoms with E-state index in [1.54, 1.807) is 0 Å². The van der Waals surface area contributed by atoms with E-state index >= 15 is 0 Å². The lowest BCUT2D eigenvalue weighted by atomic mass is 9.34. The first-order chi connectivity index (χ1) is 22.8. The minimum atomic E-state index is -0.0145. The Labute approximate surface area is 267 Å². The molecule has 0 amide bonds. The summed E-state index contributed by atoms with van der Waals surface area (Å²) < 4.78 is 16.1. The Morgan fingerprint density at radius 3 is 1.35 bits per heavy atom. The quantitative estimate of drug-likeness (QED) is 0.193. The number of hydrogen-bond acceptors (Lipinski definition) is 2. The van der Waals surface area contributed by atoms with Gasteiger partial charge in [0, 0.05) is 28.4 Å². The zero-order valence-corrected chi connectivity index (χ0v) is 24.9. The summed E-state index contributed by atoms with van der Waals surface area (Å²) in [5.74, 6) is 3.41. The third-order valence-electron chi connectivity index (χ3n) is 9.52. The fourth-order valence-corrected chi connectivity index (χ4v) is 7.43. The largest absolute Gasteiger partial charge is 0.458 e. The lowest BCUT2D eigenvalue weighted by Gasteiger charge is -2.34. The van der Waals surface area contributed by atoms with E-state index in [0.29, 0.717) is 0 Å². The third-order valence-corrected chi connectivity index (χ3v) is 9.52. The molecular formula is C42H26BNO2. The molecule has 0 fully saturated rings. The third kappa shape index (κ3) is 3.74. The zero-order valence-electron chi connectivity index (χ0n) is 24.9. The lowest BCUT2D eigenvalue weighted by Crippen LogP contribution is -2.57. The second kappa shape index (κ2) is 9.75. The van der Waals surface area contributed by atoms with E-state index in [1.807, 2.05) is 0 Å². The number of hydrogen-bond donors (Lipinski definition) is 0. The van der Waals surface area contributed by atoms with Crippen LogP contribution >= 0.6 is 0 Å². The molecule has 0 N–H and O–H groups in total. The van der Waals surface area contributed by atoms with Gasteiger partial charge in [0.2, 0.25) is 0 Å². The first-order valence-corrected chi connectivity index (χ1v) is 15.7. The molecule has 0 unspecified atom stereocenters. The monoisotopic (exact) mass is 587 g/mol. The van der Waals surface area contributed by atoms with E-state index in [2.05, 4.69) is 162 Å². The highest BCUT2D eigenvalue weighted by atomic mass is 16.5. The molecule has 0 bridgehead atoms. The van der Waals surface area contributed by atoms with Crippen LogP contribution < -0.4 is 25.9 Å². The predicted molar refractivity (Wildman–Crippen MR) is 189 cm³/mol. The number of benzene rings is 7. The molecule has 3 heterocycles. The summed E-state index contributed by atoms with van der Waals surface area (Å²) in [6.45, 7) is -0.0145. The van der Waals surface area contributed by atoms with E-state index in [9.17, 15) is 0 Å². The first-order valence-electron chi connectivity index (χ1n) is 15.7. The van der Waals surface area contributed by atoms with Crippen LogP contribution in [0.25, 0.3) is 49.7 Å². The van der Waals surface area contributed by atoms with Crippen molar-refractivity contribution >= 4 is 44.9 Å². The van der Waals surface area contributed by atoms with Crippen molar-refractivity contribution < 1.29 is 9.47 Å². The number of para-hydroxylation sites is 2. The van der Waals surface area contributed by atoms with E-state index in [0.717, 1.165) is 67.2 Å².